The maximum atomic E-state index is 12.8. The Balaban J connectivity index is 1.37. The maximum absolute atomic E-state index is 12.8. The van der Waals surface area contributed by atoms with Crippen molar-refractivity contribution in [2.45, 2.75) is 15.9 Å². The Morgan fingerprint density at radius 2 is 1.61 bits per heavy atom. The fraction of sp³-hybridized carbons (Fsp3) is 0.100. The van der Waals surface area contributed by atoms with Crippen LogP contribution in [-0.2, 0) is 0 Å². The lowest BCUT2D eigenvalue weighted by Gasteiger charge is -2.11. The average molecular weight is 524 g/mol. The quantitative estimate of drug-likeness (QED) is 0.237. The molecule has 0 bridgehead atoms. The minimum atomic E-state index is -1.19. The number of rotatable bonds is 9. The van der Waals surface area contributed by atoms with Gasteiger partial charge in [-0.2, -0.15) is 0 Å². The van der Waals surface area contributed by atoms with Gasteiger partial charge in [-0.05, 0) is 35.9 Å². The number of hydrogen-bond acceptors (Lipinski definition) is 7. The molecule has 1 aromatic heterocycles. The number of ketones is 1. The highest BCUT2D eigenvalue weighted by Crippen LogP contribution is 2.37. The normalized spacial score (nSPS) is 11.7. The Labute approximate surface area is 224 Å². The van der Waals surface area contributed by atoms with E-state index in [9.17, 15) is 9.90 Å². The summed E-state index contributed by atoms with van der Waals surface area (Å²) in [6.07, 6.45) is 0.657. The zero-order valence-corrected chi connectivity index (χ0v) is 21.6. The van der Waals surface area contributed by atoms with E-state index in [0.717, 1.165) is 15.4 Å². The monoisotopic (exact) mass is 523 g/mol. The number of carbonyl (C=O) groups excluding carboxylic acids is 1. The highest BCUT2D eigenvalue weighted by Gasteiger charge is 2.19. The molecule has 0 saturated carbocycles. The molecule has 0 spiro atoms. The largest absolute Gasteiger partial charge is 0.493 e. The lowest BCUT2D eigenvalue weighted by Crippen LogP contribution is -2.12. The molecule has 4 aromatic carbocycles. The van der Waals surface area contributed by atoms with Crippen molar-refractivity contribution in [3.05, 3.63) is 114 Å². The van der Waals surface area contributed by atoms with Crippen LogP contribution in [0.1, 0.15) is 22.0 Å². The van der Waals surface area contributed by atoms with Gasteiger partial charge in [-0.1, -0.05) is 83.7 Å². The summed E-state index contributed by atoms with van der Waals surface area (Å²) in [5, 5.41) is 19.2. The van der Waals surface area contributed by atoms with Crippen molar-refractivity contribution < 1.29 is 19.4 Å². The lowest BCUT2D eigenvalue weighted by molar-refractivity contribution is 0.0747. The van der Waals surface area contributed by atoms with E-state index < -0.39 is 6.10 Å². The first kappa shape index (κ1) is 25.3. The van der Waals surface area contributed by atoms with Crippen LogP contribution in [0.2, 0.25) is 0 Å². The smallest absolute Gasteiger partial charge is 0.195 e. The molecule has 0 fully saturated rings. The molecule has 1 heterocycles. The summed E-state index contributed by atoms with van der Waals surface area (Å²) in [7, 11) is 3.18. The Hall–Kier alpha value is -4.40. The van der Waals surface area contributed by atoms with Crippen molar-refractivity contribution in [2.75, 3.05) is 14.2 Å². The van der Waals surface area contributed by atoms with Crippen LogP contribution in [0.15, 0.2) is 113 Å². The zero-order chi connectivity index (χ0) is 26.5. The summed E-state index contributed by atoms with van der Waals surface area (Å²) < 4.78 is 12.6. The summed E-state index contributed by atoms with van der Waals surface area (Å²) in [6, 6.07) is 29.7. The number of para-hydroxylation sites is 1. The Morgan fingerprint density at radius 3 is 2.34 bits per heavy atom. The highest BCUT2D eigenvalue weighted by molar-refractivity contribution is 7.99. The maximum Gasteiger partial charge on any atom is 0.195 e. The molecule has 0 aliphatic rings. The molecule has 8 heteroatoms. The van der Waals surface area contributed by atoms with Crippen molar-refractivity contribution in [3.8, 4) is 28.4 Å². The number of hydrogen-bond donors (Lipinski definition) is 1. The fourth-order valence-electron chi connectivity index (χ4n) is 4.08. The second kappa shape index (κ2) is 11.3. The van der Waals surface area contributed by atoms with E-state index in [1.165, 1.54) is 0 Å². The number of methoxy groups -OCH3 is 2. The van der Waals surface area contributed by atoms with Crippen molar-refractivity contribution in [1.29, 1.82) is 0 Å². The summed E-state index contributed by atoms with van der Waals surface area (Å²) >= 11 is 1.56. The van der Waals surface area contributed by atoms with Crippen LogP contribution < -0.4 is 9.47 Å². The van der Waals surface area contributed by atoms with Gasteiger partial charge >= 0.3 is 0 Å². The third-order valence-corrected chi connectivity index (χ3v) is 7.10. The molecule has 1 N–H and O–H groups in total. The van der Waals surface area contributed by atoms with E-state index in [0.29, 0.717) is 34.0 Å². The molecule has 0 amide bonds. The molecule has 38 heavy (non-hydrogen) atoms. The molecule has 1 atom stereocenters. The van der Waals surface area contributed by atoms with Gasteiger partial charge in [-0.25, -0.2) is 4.68 Å². The van der Waals surface area contributed by atoms with E-state index in [2.05, 4.69) is 10.3 Å². The lowest BCUT2D eigenvalue weighted by atomic mass is 10.0. The summed E-state index contributed by atoms with van der Waals surface area (Å²) in [6.45, 7) is 0. The Morgan fingerprint density at radius 1 is 0.868 bits per heavy atom. The van der Waals surface area contributed by atoms with Crippen molar-refractivity contribution in [2.24, 2.45) is 0 Å². The van der Waals surface area contributed by atoms with Gasteiger partial charge in [0.2, 0.25) is 0 Å². The predicted molar refractivity (Wildman–Crippen MR) is 146 cm³/mol. The van der Waals surface area contributed by atoms with Crippen LogP contribution >= 0.6 is 11.8 Å². The van der Waals surface area contributed by atoms with Crippen LogP contribution in [0.4, 0.5) is 0 Å². The summed E-state index contributed by atoms with van der Waals surface area (Å²) in [4.78, 5) is 14.7. The third-order valence-electron chi connectivity index (χ3n) is 6.02. The molecule has 0 aliphatic heterocycles. The topological polar surface area (TPSA) is 86.5 Å². The second-order valence-corrected chi connectivity index (χ2v) is 9.48. The van der Waals surface area contributed by atoms with Gasteiger partial charge in [-0.15, -0.1) is 5.10 Å². The van der Waals surface area contributed by atoms with Crippen molar-refractivity contribution in [1.82, 2.24) is 15.0 Å². The van der Waals surface area contributed by atoms with Crippen molar-refractivity contribution in [3.63, 3.8) is 0 Å². The Bertz CT molecular complexity index is 1550. The number of Topliss-reactive ketones (excluding diaryl/α,β-unsaturated/α-hetero) is 1. The summed E-state index contributed by atoms with van der Waals surface area (Å²) in [5.41, 5.74) is 3.37. The number of ether oxygens (including phenoxy) is 2. The van der Waals surface area contributed by atoms with Gasteiger partial charge in [0.25, 0.3) is 0 Å². The first-order valence-corrected chi connectivity index (χ1v) is 12.7. The average Bonchev–Trinajstić information content (AvgIpc) is 3.47. The second-order valence-electron chi connectivity index (χ2n) is 8.36. The van der Waals surface area contributed by atoms with Crippen LogP contribution in [0.5, 0.6) is 11.5 Å². The van der Waals surface area contributed by atoms with E-state index in [-0.39, 0.29) is 5.78 Å². The molecule has 0 saturated heterocycles. The molecule has 1 unspecified atom stereocenters. The van der Waals surface area contributed by atoms with E-state index in [1.807, 2.05) is 66.9 Å². The van der Waals surface area contributed by atoms with E-state index >= 15 is 0 Å². The summed E-state index contributed by atoms with van der Waals surface area (Å²) in [5.74, 6) is 0.843. The molecule has 5 rings (SSSR count). The highest BCUT2D eigenvalue weighted by atomic mass is 32.2. The number of aliphatic hydroxyl groups is 1. The molecule has 190 valence electrons. The number of benzene rings is 4. The molecule has 5 aromatic rings. The van der Waals surface area contributed by atoms with Gasteiger partial charge in [0, 0.05) is 20.9 Å². The van der Waals surface area contributed by atoms with Crippen LogP contribution in [-0.4, -0.2) is 40.1 Å². The van der Waals surface area contributed by atoms with E-state index in [1.54, 1.807) is 67.1 Å². The first-order chi connectivity index (χ1) is 18.6. The van der Waals surface area contributed by atoms with Gasteiger partial charge in [0.15, 0.2) is 17.3 Å². The third kappa shape index (κ3) is 5.18. The zero-order valence-electron chi connectivity index (χ0n) is 20.8. The predicted octanol–water partition coefficient (Wildman–Crippen LogP) is 6.02. The fourth-order valence-corrected chi connectivity index (χ4v) is 5.04. The molecule has 0 radical (unpaired) electrons. The standard InChI is InChI=1S/C30H25N3O4S/c1-36-26-13-8-12-25(30(26)37-2)33-19-24(31-32-33)23-11-6-7-14-27(23)38-22-17-15-21(16-18-22)29(35)28(34)20-9-4-3-5-10-20/h3-19,28,34H,1-2H3. The number of nitrogens with zero attached hydrogens (tertiary/aromatic N) is 3. The molecule has 7 nitrogen and oxygen atoms in total. The van der Waals surface area contributed by atoms with Gasteiger partial charge in [0.1, 0.15) is 17.5 Å². The van der Waals surface area contributed by atoms with Crippen molar-refractivity contribution >= 4 is 17.5 Å². The minimum absolute atomic E-state index is 0.335. The number of aromatic nitrogens is 3. The van der Waals surface area contributed by atoms with E-state index in [4.69, 9.17) is 9.47 Å². The molecule has 0 aliphatic carbocycles. The van der Waals surface area contributed by atoms with Crippen LogP contribution in [0.3, 0.4) is 0 Å². The van der Waals surface area contributed by atoms with Crippen LogP contribution in [0, 0.1) is 0 Å². The molecular formula is C30H25N3O4S. The van der Waals surface area contributed by atoms with Crippen LogP contribution in [0.25, 0.3) is 16.9 Å². The number of aliphatic hydroxyl groups excluding tert-OH is 1. The number of carbonyl (C=O) groups is 1. The minimum Gasteiger partial charge on any atom is -0.493 e. The Kier molecular flexibility index (Phi) is 7.53. The van der Waals surface area contributed by atoms with Gasteiger partial charge in [0.05, 0.1) is 20.4 Å². The molecular weight excluding hydrogens is 498 g/mol. The van der Waals surface area contributed by atoms with Gasteiger partial charge < -0.3 is 14.6 Å². The SMILES string of the molecule is COc1cccc(-n2cc(-c3ccccc3Sc3ccc(C(=O)C(O)c4ccccc4)cc3)nn2)c1OC. The first-order valence-electron chi connectivity index (χ1n) is 11.9. The van der Waals surface area contributed by atoms with Gasteiger partial charge in [-0.3, -0.25) is 4.79 Å².